The molecule has 2 heterocycles. The average Bonchev–Trinajstić information content (AvgIpc) is 3.11. The highest BCUT2D eigenvalue weighted by atomic mass is 35.5. The second-order valence-corrected chi connectivity index (χ2v) is 5.36. The first-order valence-corrected chi connectivity index (χ1v) is 7.23. The van der Waals surface area contributed by atoms with Gasteiger partial charge in [-0.3, -0.25) is 0 Å². The lowest BCUT2D eigenvalue weighted by molar-refractivity contribution is 0.976. The SMILES string of the molecule is Cl.NCCc1c[nH]c2ccc(-c3c[nH]c4ccccc34)cc12. The van der Waals surface area contributed by atoms with E-state index in [0.29, 0.717) is 6.54 Å². The molecule has 0 amide bonds. The van der Waals surface area contributed by atoms with Crippen molar-refractivity contribution in [2.45, 2.75) is 6.42 Å². The van der Waals surface area contributed by atoms with Crippen molar-refractivity contribution in [3.05, 3.63) is 60.4 Å². The first-order valence-electron chi connectivity index (χ1n) is 7.23. The van der Waals surface area contributed by atoms with Crippen molar-refractivity contribution in [1.82, 2.24) is 9.97 Å². The molecule has 2 aromatic heterocycles. The lowest BCUT2D eigenvalue weighted by Crippen LogP contribution is -2.01. The Bertz CT molecular complexity index is 920. The molecule has 4 aromatic rings. The molecule has 4 N–H and O–H groups in total. The maximum atomic E-state index is 5.70. The number of rotatable bonds is 3. The van der Waals surface area contributed by atoms with E-state index in [1.807, 2.05) is 0 Å². The zero-order valence-electron chi connectivity index (χ0n) is 12.1. The highest BCUT2D eigenvalue weighted by molar-refractivity contribution is 5.98. The third-order valence-corrected chi connectivity index (χ3v) is 4.08. The number of hydrogen-bond donors (Lipinski definition) is 3. The smallest absolute Gasteiger partial charge is 0.0460 e. The summed E-state index contributed by atoms with van der Waals surface area (Å²) < 4.78 is 0. The minimum absolute atomic E-state index is 0. The summed E-state index contributed by atoms with van der Waals surface area (Å²) >= 11 is 0. The minimum atomic E-state index is 0. The van der Waals surface area contributed by atoms with Gasteiger partial charge in [-0.25, -0.2) is 0 Å². The Morgan fingerprint density at radius 1 is 0.864 bits per heavy atom. The summed E-state index contributed by atoms with van der Waals surface area (Å²) in [4.78, 5) is 6.66. The lowest BCUT2D eigenvalue weighted by Gasteiger charge is -2.02. The zero-order valence-corrected chi connectivity index (χ0v) is 12.9. The van der Waals surface area contributed by atoms with Crippen LogP contribution in [0.4, 0.5) is 0 Å². The molecule has 0 atom stereocenters. The molecule has 2 aromatic carbocycles. The molecule has 112 valence electrons. The molecule has 0 fully saturated rings. The Labute approximate surface area is 134 Å². The highest BCUT2D eigenvalue weighted by Gasteiger charge is 2.08. The van der Waals surface area contributed by atoms with Crippen LogP contribution >= 0.6 is 12.4 Å². The number of H-pyrrole nitrogens is 2. The number of aromatic nitrogens is 2. The topological polar surface area (TPSA) is 57.6 Å². The summed E-state index contributed by atoms with van der Waals surface area (Å²) in [6.07, 6.45) is 5.05. The van der Waals surface area contributed by atoms with E-state index in [1.165, 1.54) is 38.5 Å². The Morgan fingerprint density at radius 3 is 2.50 bits per heavy atom. The van der Waals surface area contributed by atoms with Gasteiger partial charge < -0.3 is 15.7 Å². The predicted octanol–water partition coefficient (Wildman–Crippen LogP) is 4.24. The van der Waals surface area contributed by atoms with Crippen LogP contribution in [0.1, 0.15) is 5.56 Å². The Morgan fingerprint density at radius 2 is 1.64 bits per heavy atom. The average molecular weight is 312 g/mol. The predicted molar refractivity (Wildman–Crippen MR) is 95.6 cm³/mol. The van der Waals surface area contributed by atoms with Gasteiger partial charge in [0.1, 0.15) is 0 Å². The van der Waals surface area contributed by atoms with Crippen LogP contribution in [0, 0.1) is 0 Å². The lowest BCUT2D eigenvalue weighted by atomic mass is 10.0. The van der Waals surface area contributed by atoms with Crippen LogP contribution in [0.2, 0.25) is 0 Å². The van der Waals surface area contributed by atoms with Crippen LogP contribution in [0.15, 0.2) is 54.9 Å². The van der Waals surface area contributed by atoms with Crippen molar-refractivity contribution in [1.29, 1.82) is 0 Å². The second-order valence-electron chi connectivity index (χ2n) is 5.36. The third kappa shape index (κ3) is 2.28. The maximum Gasteiger partial charge on any atom is 0.0460 e. The largest absolute Gasteiger partial charge is 0.361 e. The van der Waals surface area contributed by atoms with Gasteiger partial charge in [-0.2, -0.15) is 0 Å². The van der Waals surface area contributed by atoms with Gasteiger partial charge in [0.25, 0.3) is 0 Å². The van der Waals surface area contributed by atoms with E-state index in [1.54, 1.807) is 0 Å². The first kappa shape index (κ1) is 14.7. The summed E-state index contributed by atoms with van der Waals surface area (Å²) in [5, 5.41) is 2.52. The van der Waals surface area contributed by atoms with E-state index in [9.17, 15) is 0 Å². The van der Waals surface area contributed by atoms with Gasteiger partial charge in [0.05, 0.1) is 0 Å². The molecule has 4 rings (SSSR count). The molecule has 0 bridgehead atoms. The number of benzene rings is 2. The van der Waals surface area contributed by atoms with E-state index >= 15 is 0 Å². The number of hydrogen-bond acceptors (Lipinski definition) is 1. The molecule has 22 heavy (non-hydrogen) atoms. The number of halogens is 1. The fourth-order valence-electron chi connectivity index (χ4n) is 3.02. The summed E-state index contributed by atoms with van der Waals surface area (Å²) in [6.45, 7) is 0.671. The second kappa shape index (κ2) is 5.87. The van der Waals surface area contributed by atoms with Gasteiger partial charge in [-0.15, -0.1) is 12.4 Å². The molecule has 0 unspecified atom stereocenters. The third-order valence-electron chi connectivity index (χ3n) is 4.08. The molecule has 0 aliphatic heterocycles. The van der Waals surface area contributed by atoms with Crippen molar-refractivity contribution >= 4 is 34.2 Å². The summed E-state index contributed by atoms with van der Waals surface area (Å²) in [5.41, 5.74) is 11.8. The number of nitrogens with one attached hydrogen (secondary N) is 2. The number of aromatic amines is 2. The fourth-order valence-corrected chi connectivity index (χ4v) is 3.02. The number of nitrogens with two attached hydrogens (primary N) is 1. The van der Waals surface area contributed by atoms with E-state index in [-0.39, 0.29) is 12.4 Å². The maximum absolute atomic E-state index is 5.70. The van der Waals surface area contributed by atoms with E-state index in [4.69, 9.17) is 5.73 Å². The molecule has 3 nitrogen and oxygen atoms in total. The standard InChI is InChI=1S/C18H17N3.ClH/c19-8-7-13-10-20-18-6-5-12(9-15(13)18)16-11-21-17-4-2-1-3-14(16)17;/h1-6,9-11,20-21H,7-8,19H2;1H. The normalized spacial score (nSPS) is 11.0. The molecule has 0 saturated carbocycles. The highest BCUT2D eigenvalue weighted by Crippen LogP contribution is 2.31. The first-order chi connectivity index (χ1) is 10.4. The molecular weight excluding hydrogens is 294 g/mol. The molecule has 0 saturated heterocycles. The van der Waals surface area contributed by atoms with Crippen LogP contribution in [-0.2, 0) is 6.42 Å². The van der Waals surface area contributed by atoms with Crippen molar-refractivity contribution < 1.29 is 0 Å². The van der Waals surface area contributed by atoms with Crippen LogP contribution in [0.3, 0.4) is 0 Å². The van der Waals surface area contributed by atoms with Crippen LogP contribution in [-0.4, -0.2) is 16.5 Å². The van der Waals surface area contributed by atoms with Gasteiger partial charge in [-0.05, 0) is 42.3 Å². The van der Waals surface area contributed by atoms with Crippen LogP contribution in [0.5, 0.6) is 0 Å². The van der Waals surface area contributed by atoms with Gasteiger partial charge >= 0.3 is 0 Å². The Hall–Kier alpha value is -2.23. The van der Waals surface area contributed by atoms with Gasteiger partial charge in [-0.1, -0.05) is 24.3 Å². The summed E-state index contributed by atoms with van der Waals surface area (Å²) in [5.74, 6) is 0. The van der Waals surface area contributed by atoms with E-state index in [0.717, 1.165) is 6.42 Å². The molecular formula is C18H18ClN3. The molecule has 4 heteroatoms. The quantitative estimate of drug-likeness (QED) is 0.521. The fraction of sp³-hybridized carbons (Fsp3) is 0.111. The van der Waals surface area contributed by atoms with Crippen molar-refractivity contribution in [3.63, 3.8) is 0 Å². The molecule has 0 aliphatic carbocycles. The number of fused-ring (bicyclic) bond motifs is 2. The monoisotopic (exact) mass is 311 g/mol. The summed E-state index contributed by atoms with van der Waals surface area (Å²) in [6, 6.07) is 15.0. The number of para-hydroxylation sites is 1. The Balaban J connectivity index is 0.00000144. The Kier molecular flexibility index (Phi) is 3.92. The zero-order chi connectivity index (χ0) is 14.2. The van der Waals surface area contributed by atoms with E-state index in [2.05, 4.69) is 64.8 Å². The van der Waals surface area contributed by atoms with Crippen molar-refractivity contribution in [2.24, 2.45) is 5.73 Å². The molecule has 0 radical (unpaired) electrons. The van der Waals surface area contributed by atoms with Crippen LogP contribution in [0.25, 0.3) is 32.9 Å². The molecule has 0 aliphatic rings. The van der Waals surface area contributed by atoms with Crippen LogP contribution < -0.4 is 5.73 Å². The van der Waals surface area contributed by atoms with Crippen molar-refractivity contribution in [3.8, 4) is 11.1 Å². The minimum Gasteiger partial charge on any atom is -0.361 e. The van der Waals surface area contributed by atoms with Gasteiger partial charge in [0.2, 0.25) is 0 Å². The summed E-state index contributed by atoms with van der Waals surface area (Å²) in [7, 11) is 0. The van der Waals surface area contributed by atoms with Crippen molar-refractivity contribution in [2.75, 3.05) is 6.54 Å². The van der Waals surface area contributed by atoms with E-state index < -0.39 is 0 Å². The molecule has 0 spiro atoms. The van der Waals surface area contributed by atoms with Gasteiger partial charge in [0, 0.05) is 39.8 Å². The van der Waals surface area contributed by atoms with Gasteiger partial charge in [0.15, 0.2) is 0 Å².